The van der Waals surface area contributed by atoms with Crippen LogP contribution in [0.1, 0.15) is 32.9 Å². The minimum atomic E-state index is -0.196. The first-order valence-electron chi connectivity index (χ1n) is 7.14. The molecule has 3 rings (SSSR count). The van der Waals surface area contributed by atoms with E-state index in [0.29, 0.717) is 15.8 Å². The molecule has 0 aliphatic rings. The highest BCUT2D eigenvalue weighted by atomic mass is 35.5. The molecule has 1 atom stereocenters. The van der Waals surface area contributed by atoms with Gasteiger partial charge in [0.2, 0.25) is 0 Å². The van der Waals surface area contributed by atoms with Crippen LogP contribution in [-0.2, 0) is 0 Å². The number of nitrogens with zero attached hydrogens (tertiary/aromatic N) is 2. The number of aryl methyl sites for hydroxylation is 2. The second-order valence-corrected chi connectivity index (χ2v) is 6.93. The van der Waals surface area contributed by atoms with Crippen molar-refractivity contribution in [3.8, 4) is 0 Å². The van der Waals surface area contributed by atoms with Gasteiger partial charge in [0.15, 0.2) is 0 Å². The number of hydrogen-bond acceptors (Lipinski definition) is 4. The third kappa shape index (κ3) is 3.48. The number of rotatable bonds is 5. The van der Waals surface area contributed by atoms with Gasteiger partial charge < -0.3 is 9.73 Å². The quantitative estimate of drug-likeness (QED) is 0.761. The van der Waals surface area contributed by atoms with Gasteiger partial charge in [-0.1, -0.05) is 11.6 Å². The maximum Gasteiger partial charge on any atom is 0.261 e. The van der Waals surface area contributed by atoms with Crippen LogP contribution in [0.5, 0.6) is 0 Å². The molecule has 23 heavy (non-hydrogen) atoms. The second-order valence-electron chi connectivity index (χ2n) is 5.22. The van der Waals surface area contributed by atoms with E-state index < -0.39 is 0 Å². The highest BCUT2D eigenvalue weighted by molar-refractivity contribution is 7.17. The van der Waals surface area contributed by atoms with Crippen LogP contribution in [0.25, 0.3) is 0 Å². The first-order chi connectivity index (χ1) is 11.0. The van der Waals surface area contributed by atoms with Crippen molar-refractivity contribution >= 4 is 28.8 Å². The summed E-state index contributed by atoms with van der Waals surface area (Å²) in [7, 11) is 0. The van der Waals surface area contributed by atoms with Gasteiger partial charge in [-0.05, 0) is 44.2 Å². The number of thiophene rings is 1. The topological polar surface area (TPSA) is 60.1 Å². The third-order valence-electron chi connectivity index (χ3n) is 3.46. The maximum absolute atomic E-state index is 12.2. The smallest absolute Gasteiger partial charge is 0.261 e. The molecule has 3 heterocycles. The summed E-state index contributed by atoms with van der Waals surface area (Å²) in [6.07, 6.45) is 1.62. The number of carbonyl (C=O) groups excluding carboxylic acids is 1. The van der Waals surface area contributed by atoms with Crippen LogP contribution in [0, 0.1) is 13.8 Å². The van der Waals surface area contributed by atoms with Crippen LogP contribution in [0.15, 0.2) is 41.0 Å². The van der Waals surface area contributed by atoms with Gasteiger partial charge in [-0.15, -0.1) is 11.3 Å². The van der Waals surface area contributed by atoms with Gasteiger partial charge in [0.05, 0.1) is 21.2 Å². The Morgan fingerprint density at radius 1 is 1.43 bits per heavy atom. The van der Waals surface area contributed by atoms with Gasteiger partial charge in [0.1, 0.15) is 11.8 Å². The lowest BCUT2D eigenvalue weighted by Crippen LogP contribution is -2.31. The molecule has 0 fully saturated rings. The Bertz CT molecular complexity index is 807. The molecule has 0 bridgehead atoms. The zero-order chi connectivity index (χ0) is 16.4. The molecule has 1 unspecified atom stereocenters. The summed E-state index contributed by atoms with van der Waals surface area (Å²) in [5, 5.41) is 7.44. The summed E-state index contributed by atoms with van der Waals surface area (Å²) in [6, 6.07) is 8.94. The van der Waals surface area contributed by atoms with E-state index in [9.17, 15) is 4.79 Å². The van der Waals surface area contributed by atoms with Gasteiger partial charge >= 0.3 is 0 Å². The van der Waals surface area contributed by atoms with Gasteiger partial charge in [-0.25, -0.2) is 0 Å². The predicted octanol–water partition coefficient (Wildman–Crippen LogP) is 3.83. The van der Waals surface area contributed by atoms with Crippen LogP contribution in [-0.4, -0.2) is 22.2 Å². The van der Waals surface area contributed by atoms with Gasteiger partial charge in [0, 0.05) is 12.2 Å². The summed E-state index contributed by atoms with van der Waals surface area (Å²) in [5.74, 6) is 0.598. The lowest BCUT2D eigenvalue weighted by atomic mass is 10.2. The molecule has 0 aliphatic carbocycles. The van der Waals surface area contributed by atoms with Crippen molar-refractivity contribution in [3.63, 3.8) is 0 Å². The number of furan rings is 1. The average Bonchev–Trinajstić information content (AvgIpc) is 3.22. The molecule has 0 saturated carbocycles. The van der Waals surface area contributed by atoms with Gasteiger partial charge in [0.25, 0.3) is 5.91 Å². The van der Waals surface area contributed by atoms with Crippen LogP contribution < -0.4 is 5.32 Å². The Morgan fingerprint density at radius 3 is 2.83 bits per heavy atom. The summed E-state index contributed by atoms with van der Waals surface area (Å²) < 4.78 is 7.99. The Labute approximate surface area is 142 Å². The second kappa shape index (κ2) is 6.60. The van der Waals surface area contributed by atoms with E-state index in [2.05, 4.69) is 10.4 Å². The number of halogens is 1. The summed E-state index contributed by atoms with van der Waals surface area (Å²) in [5.41, 5.74) is 1.94. The van der Waals surface area contributed by atoms with E-state index >= 15 is 0 Å². The molecule has 1 N–H and O–H groups in total. The number of nitrogens with one attached hydrogen (secondary N) is 1. The van der Waals surface area contributed by atoms with Crippen molar-refractivity contribution in [2.75, 3.05) is 6.54 Å². The maximum atomic E-state index is 12.2. The Morgan fingerprint density at radius 2 is 2.26 bits per heavy atom. The van der Waals surface area contributed by atoms with Crippen LogP contribution in [0.3, 0.4) is 0 Å². The molecule has 3 aromatic heterocycles. The molecule has 0 aliphatic heterocycles. The molecule has 7 heteroatoms. The number of hydrogen-bond donors (Lipinski definition) is 1. The lowest BCUT2D eigenvalue weighted by Gasteiger charge is -2.17. The zero-order valence-electron chi connectivity index (χ0n) is 12.7. The van der Waals surface area contributed by atoms with Crippen molar-refractivity contribution in [2.45, 2.75) is 19.9 Å². The fraction of sp³-hybridized carbons (Fsp3) is 0.250. The molecule has 3 aromatic rings. The van der Waals surface area contributed by atoms with Crippen molar-refractivity contribution in [1.82, 2.24) is 15.1 Å². The molecule has 1 amide bonds. The SMILES string of the molecule is Cc1cc(C)n(C(CNC(=O)c2ccc(Cl)s2)c2ccco2)n1. The fourth-order valence-electron chi connectivity index (χ4n) is 2.46. The molecule has 0 radical (unpaired) electrons. The highest BCUT2D eigenvalue weighted by Gasteiger charge is 2.21. The fourth-order valence-corrected chi connectivity index (χ4v) is 3.42. The molecule has 0 spiro atoms. The summed E-state index contributed by atoms with van der Waals surface area (Å²) in [6.45, 7) is 4.30. The number of carbonyl (C=O) groups is 1. The number of amides is 1. The average molecular weight is 350 g/mol. The van der Waals surface area contributed by atoms with Crippen LogP contribution in [0.4, 0.5) is 0 Å². The zero-order valence-corrected chi connectivity index (χ0v) is 14.3. The number of aromatic nitrogens is 2. The first-order valence-corrected chi connectivity index (χ1v) is 8.33. The van der Waals surface area contributed by atoms with Crippen molar-refractivity contribution in [1.29, 1.82) is 0 Å². The van der Waals surface area contributed by atoms with Gasteiger partial charge in [-0.3, -0.25) is 9.48 Å². The normalized spacial score (nSPS) is 12.3. The van der Waals surface area contributed by atoms with Crippen molar-refractivity contribution in [3.05, 3.63) is 63.0 Å². The van der Waals surface area contributed by atoms with Crippen LogP contribution >= 0.6 is 22.9 Å². The third-order valence-corrected chi connectivity index (χ3v) is 4.69. The molecular formula is C16H16ClN3O2S. The van der Waals surface area contributed by atoms with E-state index in [1.165, 1.54) is 11.3 Å². The predicted molar refractivity (Wildman–Crippen MR) is 90.2 cm³/mol. The van der Waals surface area contributed by atoms with E-state index in [-0.39, 0.29) is 11.9 Å². The van der Waals surface area contributed by atoms with Crippen molar-refractivity contribution < 1.29 is 9.21 Å². The minimum absolute atomic E-state index is 0.153. The Balaban J connectivity index is 1.80. The molecule has 0 saturated heterocycles. The Hall–Kier alpha value is -2.05. The summed E-state index contributed by atoms with van der Waals surface area (Å²) in [4.78, 5) is 12.8. The van der Waals surface area contributed by atoms with E-state index in [1.54, 1.807) is 18.4 Å². The molecule has 120 valence electrons. The molecule has 5 nitrogen and oxygen atoms in total. The summed E-state index contributed by atoms with van der Waals surface area (Å²) >= 11 is 7.13. The van der Waals surface area contributed by atoms with E-state index in [0.717, 1.165) is 17.1 Å². The molecular weight excluding hydrogens is 334 g/mol. The lowest BCUT2D eigenvalue weighted by molar-refractivity contribution is 0.0952. The monoisotopic (exact) mass is 349 g/mol. The Kier molecular flexibility index (Phi) is 4.54. The standard InChI is InChI=1S/C16H16ClN3O2S/c1-10-8-11(2)20(19-10)12(13-4-3-7-22-13)9-18-16(21)14-5-6-15(17)23-14/h3-8,12H,9H2,1-2H3,(H,18,21). The molecule has 0 aromatic carbocycles. The van der Waals surface area contributed by atoms with Gasteiger partial charge in [-0.2, -0.15) is 5.10 Å². The largest absolute Gasteiger partial charge is 0.467 e. The highest BCUT2D eigenvalue weighted by Crippen LogP contribution is 2.23. The van der Waals surface area contributed by atoms with Crippen LogP contribution in [0.2, 0.25) is 4.34 Å². The minimum Gasteiger partial charge on any atom is -0.467 e. The first kappa shape index (κ1) is 15.8. The van der Waals surface area contributed by atoms with E-state index in [4.69, 9.17) is 16.0 Å². The van der Waals surface area contributed by atoms with Crippen molar-refractivity contribution in [2.24, 2.45) is 0 Å². The van der Waals surface area contributed by atoms with E-state index in [1.807, 2.05) is 36.7 Å².